The van der Waals surface area contributed by atoms with Gasteiger partial charge in [0, 0.05) is 58.8 Å². The van der Waals surface area contributed by atoms with Crippen LogP contribution in [-0.2, 0) is 4.84 Å². The molecular formula is C27H35N7O3S. The summed E-state index contributed by atoms with van der Waals surface area (Å²) in [5.74, 6) is 0. The second-order valence-electron chi connectivity index (χ2n) is 8.21. The van der Waals surface area contributed by atoms with Gasteiger partial charge in [0.25, 0.3) is 0 Å². The highest BCUT2D eigenvalue weighted by atomic mass is 32.1. The van der Waals surface area contributed by atoms with Crippen molar-refractivity contribution in [3.05, 3.63) is 71.6 Å². The summed E-state index contributed by atoms with van der Waals surface area (Å²) in [5, 5.41) is 5.77. The number of anilines is 3. The zero-order chi connectivity index (χ0) is 26.6. The molecule has 2 aromatic heterocycles. The highest BCUT2D eigenvalue weighted by molar-refractivity contribution is 7.13. The van der Waals surface area contributed by atoms with Gasteiger partial charge in [-0.1, -0.05) is 0 Å². The normalized spacial score (nSPS) is 10.6. The Hall–Kier alpha value is -4.03. The Balaban J connectivity index is 0.000000269. The van der Waals surface area contributed by atoms with Crippen molar-refractivity contribution >= 4 is 40.9 Å². The number of nitrogens with one attached hydrogen (secondary N) is 2. The number of aromatic nitrogens is 1. The fraction of sp³-hybridized carbons (Fsp3) is 0.222. The molecule has 38 heavy (non-hydrogen) atoms. The second kappa shape index (κ2) is 15.3. The first-order valence-corrected chi connectivity index (χ1v) is 12.4. The summed E-state index contributed by atoms with van der Waals surface area (Å²) in [6.45, 7) is 1.67. The quantitative estimate of drug-likeness (QED) is 0.0912. The van der Waals surface area contributed by atoms with E-state index >= 15 is 0 Å². The standard InChI is InChI=1S/C16H22N4O.C11H10N2O2S.H3N/c1-18-16-8-13(10-19-5-6-20(2)3)15(17)9-14(16)12-4-7-21-11-12;1-15-13-9-4-2-8(3-5-9)11-12-10(6-14)7-16-11;/h4,7-11,18H,5-6,17H2,1-3H3;2-7,13H,1H3;1H3. The van der Waals surface area contributed by atoms with E-state index in [1.54, 1.807) is 25.0 Å². The molecule has 11 heteroatoms. The van der Waals surface area contributed by atoms with E-state index in [0.717, 1.165) is 58.0 Å². The molecule has 0 saturated carbocycles. The van der Waals surface area contributed by atoms with Crippen LogP contribution in [0.2, 0.25) is 0 Å². The molecule has 0 atom stereocenters. The van der Waals surface area contributed by atoms with Gasteiger partial charge in [-0.2, -0.15) is 0 Å². The maximum absolute atomic E-state index is 10.5. The van der Waals surface area contributed by atoms with Crippen LogP contribution < -0.4 is 22.7 Å². The number of aliphatic imine (C=N–C) groups is 1. The van der Waals surface area contributed by atoms with E-state index < -0.39 is 0 Å². The van der Waals surface area contributed by atoms with E-state index in [1.165, 1.54) is 11.3 Å². The predicted octanol–water partition coefficient (Wildman–Crippen LogP) is 5.31. The van der Waals surface area contributed by atoms with Crippen molar-refractivity contribution in [1.82, 2.24) is 16.0 Å². The van der Waals surface area contributed by atoms with Gasteiger partial charge in [-0.15, -0.1) is 11.3 Å². The van der Waals surface area contributed by atoms with Crippen LogP contribution in [0.3, 0.4) is 0 Å². The zero-order valence-corrected chi connectivity index (χ0v) is 22.9. The van der Waals surface area contributed by atoms with Crippen LogP contribution in [0, 0.1) is 0 Å². The maximum atomic E-state index is 10.5. The summed E-state index contributed by atoms with van der Waals surface area (Å²) in [6, 6.07) is 13.5. The monoisotopic (exact) mass is 537 g/mol. The molecule has 0 spiro atoms. The van der Waals surface area contributed by atoms with Crippen LogP contribution in [0.4, 0.5) is 17.1 Å². The van der Waals surface area contributed by atoms with Crippen molar-refractivity contribution in [2.24, 2.45) is 4.99 Å². The summed E-state index contributed by atoms with van der Waals surface area (Å²) in [4.78, 5) is 26.0. The summed E-state index contributed by atoms with van der Waals surface area (Å²) >= 11 is 1.45. The van der Waals surface area contributed by atoms with E-state index in [2.05, 4.69) is 25.7 Å². The highest BCUT2D eigenvalue weighted by Gasteiger charge is 2.09. The molecule has 0 bridgehead atoms. The Morgan fingerprint density at radius 1 is 1.18 bits per heavy atom. The number of nitrogens with zero attached hydrogens (tertiary/aromatic N) is 3. The third kappa shape index (κ3) is 8.53. The lowest BCUT2D eigenvalue weighted by Gasteiger charge is -2.11. The molecule has 202 valence electrons. The van der Waals surface area contributed by atoms with Crippen molar-refractivity contribution in [3.8, 4) is 21.7 Å². The Bertz CT molecular complexity index is 1290. The third-order valence-electron chi connectivity index (χ3n) is 5.23. The minimum atomic E-state index is 0. The number of likely N-dealkylation sites (N-methyl/N-ethyl adjacent to an activating group) is 1. The van der Waals surface area contributed by atoms with E-state index in [1.807, 2.05) is 69.8 Å². The molecule has 2 aromatic carbocycles. The smallest absolute Gasteiger partial charge is 0.169 e. The van der Waals surface area contributed by atoms with Crippen molar-refractivity contribution in [3.63, 3.8) is 0 Å². The Morgan fingerprint density at radius 3 is 2.53 bits per heavy atom. The second-order valence-corrected chi connectivity index (χ2v) is 9.06. The molecule has 0 radical (unpaired) electrons. The fourth-order valence-electron chi connectivity index (χ4n) is 3.30. The number of aldehydes is 1. The van der Waals surface area contributed by atoms with Crippen LogP contribution in [0.15, 0.2) is 69.8 Å². The first-order chi connectivity index (χ1) is 17.9. The van der Waals surface area contributed by atoms with E-state index in [9.17, 15) is 4.79 Å². The number of carbonyl (C=O) groups excluding carboxylic acids is 1. The lowest BCUT2D eigenvalue weighted by molar-refractivity contribution is 0.111. The fourth-order valence-corrected chi connectivity index (χ4v) is 4.07. The van der Waals surface area contributed by atoms with Crippen LogP contribution >= 0.6 is 11.3 Å². The van der Waals surface area contributed by atoms with Gasteiger partial charge < -0.3 is 26.5 Å². The molecule has 7 N–H and O–H groups in total. The number of thiazole rings is 1. The number of hydrogen-bond acceptors (Lipinski definition) is 11. The van der Waals surface area contributed by atoms with E-state index in [0.29, 0.717) is 11.4 Å². The average molecular weight is 538 g/mol. The summed E-state index contributed by atoms with van der Waals surface area (Å²) in [6.07, 6.45) is 5.95. The number of nitrogen functional groups attached to an aromatic ring is 1. The van der Waals surface area contributed by atoms with Crippen LogP contribution in [0.1, 0.15) is 16.1 Å². The van der Waals surface area contributed by atoms with E-state index in [4.69, 9.17) is 15.0 Å². The third-order valence-corrected chi connectivity index (χ3v) is 6.14. The van der Waals surface area contributed by atoms with Crippen molar-refractivity contribution in [2.45, 2.75) is 0 Å². The molecule has 10 nitrogen and oxygen atoms in total. The molecule has 2 heterocycles. The molecule has 0 fully saturated rings. The number of furan rings is 1. The van der Waals surface area contributed by atoms with Crippen molar-refractivity contribution in [1.29, 1.82) is 0 Å². The minimum Gasteiger partial charge on any atom is -0.472 e. The summed E-state index contributed by atoms with van der Waals surface area (Å²) in [5.41, 5.74) is 15.8. The molecule has 0 unspecified atom stereocenters. The number of nitrogens with two attached hydrogens (primary N) is 1. The lowest BCUT2D eigenvalue weighted by Crippen LogP contribution is -2.15. The van der Waals surface area contributed by atoms with Gasteiger partial charge >= 0.3 is 0 Å². The maximum Gasteiger partial charge on any atom is 0.169 e. The lowest BCUT2D eigenvalue weighted by atomic mass is 10.0. The highest BCUT2D eigenvalue weighted by Crippen LogP contribution is 2.32. The molecule has 0 saturated heterocycles. The summed E-state index contributed by atoms with van der Waals surface area (Å²) < 4.78 is 5.14. The Morgan fingerprint density at radius 2 is 1.95 bits per heavy atom. The van der Waals surface area contributed by atoms with Crippen LogP contribution in [0.5, 0.6) is 0 Å². The molecule has 0 amide bonds. The first-order valence-electron chi connectivity index (χ1n) is 11.5. The predicted molar refractivity (Wildman–Crippen MR) is 158 cm³/mol. The zero-order valence-electron chi connectivity index (χ0n) is 22.1. The Kier molecular flexibility index (Phi) is 12.1. The first kappa shape index (κ1) is 30.2. The number of hydrogen-bond donors (Lipinski definition) is 4. The van der Waals surface area contributed by atoms with Crippen molar-refractivity contribution in [2.75, 3.05) is 57.9 Å². The molecule has 4 rings (SSSR count). The summed E-state index contributed by atoms with van der Waals surface area (Å²) in [7, 11) is 7.51. The number of rotatable bonds is 10. The number of carbonyl (C=O) groups is 1. The Labute approximate surface area is 227 Å². The SMILES string of the molecule is CNc1cc(C=NCCN(C)C)c(N)cc1-c1ccoc1.CONc1ccc(-c2nc(C=O)cs2)cc1.N. The number of benzene rings is 2. The van der Waals surface area contributed by atoms with Crippen LogP contribution in [-0.4, -0.2) is 63.7 Å². The molecular weight excluding hydrogens is 502 g/mol. The van der Waals surface area contributed by atoms with Gasteiger partial charge in [0.15, 0.2) is 6.29 Å². The van der Waals surface area contributed by atoms with Gasteiger partial charge in [0.05, 0.1) is 31.9 Å². The van der Waals surface area contributed by atoms with Gasteiger partial charge in [-0.05, 0) is 56.6 Å². The molecule has 0 aliphatic carbocycles. The van der Waals surface area contributed by atoms with Gasteiger partial charge in [0.2, 0.25) is 0 Å². The van der Waals surface area contributed by atoms with Crippen molar-refractivity contribution < 1.29 is 14.0 Å². The van der Waals surface area contributed by atoms with E-state index in [-0.39, 0.29) is 6.15 Å². The largest absolute Gasteiger partial charge is 0.472 e. The topological polar surface area (TPSA) is 153 Å². The van der Waals surface area contributed by atoms with Gasteiger partial charge in [0.1, 0.15) is 10.7 Å². The molecule has 0 aliphatic heterocycles. The molecule has 4 aromatic rings. The minimum absolute atomic E-state index is 0. The average Bonchev–Trinajstić information content (AvgIpc) is 3.61. The van der Waals surface area contributed by atoms with Crippen LogP contribution in [0.25, 0.3) is 21.7 Å². The van der Waals surface area contributed by atoms with Gasteiger partial charge in [-0.25, -0.2) is 4.98 Å². The van der Waals surface area contributed by atoms with Gasteiger partial charge in [-0.3, -0.25) is 20.1 Å². The molecule has 0 aliphatic rings.